The fraction of sp³-hybridized carbons (Fsp3) is 0.364. The number of halogens is 1. The average Bonchev–Trinajstić information content (AvgIpc) is 2.16. The van der Waals surface area contributed by atoms with Gasteiger partial charge in [-0.3, -0.25) is 4.79 Å². The van der Waals surface area contributed by atoms with E-state index in [0.717, 1.165) is 0 Å². The molecular formula is C11H14FNO3. The molecule has 0 bridgehead atoms. The zero-order valence-electron chi connectivity index (χ0n) is 8.93. The van der Waals surface area contributed by atoms with Crippen molar-refractivity contribution in [1.82, 2.24) is 0 Å². The smallest absolute Gasteiger partial charge is 0.306 e. The van der Waals surface area contributed by atoms with Gasteiger partial charge in [0.1, 0.15) is 5.82 Å². The Hall–Kier alpha value is -1.62. The van der Waals surface area contributed by atoms with Crippen LogP contribution in [-0.4, -0.2) is 35.9 Å². The maximum absolute atomic E-state index is 13.3. The Balaban J connectivity index is 2.62. The van der Waals surface area contributed by atoms with Crippen LogP contribution in [0.25, 0.3) is 0 Å². The van der Waals surface area contributed by atoms with Crippen molar-refractivity contribution in [2.24, 2.45) is 0 Å². The lowest BCUT2D eigenvalue weighted by atomic mass is 10.2. The molecule has 1 unspecified atom stereocenters. The molecule has 88 valence electrons. The second kappa shape index (κ2) is 5.46. The minimum Gasteiger partial charge on any atom is -0.481 e. The molecule has 1 atom stereocenters. The largest absolute Gasteiger partial charge is 0.481 e. The first-order chi connectivity index (χ1) is 7.50. The molecule has 0 aliphatic rings. The summed E-state index contributed by atoms with van der Waals surface area (Å²) in [5, 5.41) is 17.9. The molecule has 16 heavy (non-hydrogen) atoms. The van der Waals surface area contributed by atoms with E-state index in [0.29, 0.717) is 5.69 Å². The van der Waals surface area contributed by atoms with Crippen molar-refractivity contribution in [3.8, 4) is 0 Å². The number of hydrogen-bond donors (Lipinski definition) is 2. The van der Waals surface area contributed by atoms with Gasteiger partial charge >= 0.3 is 5.97 Å². The quantitative estimate of drug-likeness (QED) is 0.790. The van der Waals surface area contributed by atoms with Gasteiger partial charge < -0.3 is 15.1 Å². The van der Waals surface area contributed by atoms with Crippen LogP contribution in [0.1, 0.15) is 6.42 Å². The molecule has 0 spiro atoms. The third kappa shape index (κ3) is 3.51. The SMILES string of the molecule is CN(CC(O)CC(=O)O)c1ccccc1F. The number of hydrogen-bond acceptors (Lipinski definition) is 3. The van der Waals surface area contributed by atoms with E-state index in [-0.39, 0.29) is 13.0 Å². The Morgan fingerprint density at radius 3 is 2.69 bits per heavy atom. The fourth-order valence-corrected chi connectivity index (χ4v) is 1.44. The van der Waals surface area contributed by atoms with E-state index < -0.39 is 17.9 Å². The summed E-state index contributed by atoms with van der Waals surface area (Å²) < 4.78 is 13.3. The first-order valence-electron chi connectivity index (χ1n) is 4.86. The summed E-state index contributed by atoms with van der Waals surface area (Å²) in [6, 6.07) is 6.14. The fourth-order valence-electron chi connectivity index (χ4n) is 1.44. The minimum atomic E-state index is -1.07. The number of rotatable bonds is 5. The number of anilines is 1. The van der Waals surface area contributed by atoms with Crippen LogP contribution in [-0.2, 0) is 4.79 Å². The topological polar surface area (TPSA) is 60.8 Å². The molecule has 0 amide bonds. The lowest BCUT2D eigenvalue weighted by Gasteiger charge is -2.22. The molecule has 0 aromatic heterocycles. The summed E-state index contributed by atoms with van der Waals surface area (Å²) in [4.78, 5) is 11.8. The molecule has 1 rings (SSSR count). The molecule has 0 fully saturated rings. The van der Waals surface area contributed by atoms with Crippen molar-refractivity contribution < 1.29 is 19.4 Å². The van der Waals surface area contributed by atoms with E-state index in [1.165, 1.54) is 11.0 Å². The van der Waals surface area contributed by atoms with Crippen LogP contribution in [0.4, 0.5) is 10.1 Å². The van der Waals surface area contributed by atoms with Gasteiger partial charge in [0.25, 0.3) is 0 Å². The Morgan fingerprint density at radius 1 is 1.50 bits per heavy atom. The molecule has 0 radical (unpaired) electrons. The molecule has 0 heterocycles. The van der Waals surface area contributed by atoms with Gasteiger partial charge in [0.15, 0.2) is 0 Å². The highest BCUT2D eigenvalue weighted by molar-refractivity contribution is 5.67. The second-order valence-electron chi connectivity index (χ2n) is 3.58. The Bertz CT molecular complexity index is 370. The van der Waals surface area contributed by atoms with Gasteiger partial charge in [0, 0.05) is 13.6 Å². The summed E-state index contributed by atoms with van der Waals surface area (Å²) in [7, 11) is 1.60. The van der Waals surface area contributed by atoms with Crippen LogP contribution in [0.5, 0.6) is 0 Å². The zero-order valence-corrected chi connectivity index (χ0v) is 8.93. The Morgan fingerprint density at radius 2 is 2.12 bits per heavy atom. The number of para-hydroxylation sites is 1. The van der Waals surface area contributed by atoms with Crippen molar-refractivity contribution in [2.75, 3.05) is 18.5 Å². The van der Waals surface area contributed by atoms with E-state index in [1.807, 2.05) is 0 Å². The number of aliphatic hydroxyl groups excluding tert-OH is 1. The van der Waals surface area contributed by atoms with E-state index in [2.05, 4.69) is 0 Å². The molecule has 1 aromatic rings. The molecule has 1 aromatic carbocycles. The van der Waals surface area contributed by atoms with Crippen LogP contribution in [0.3, 0.4) is 0 Å². The van der Waals surface area contributed by atoms with Gasteiger partial charge in [-0.05, 0) is 12.1 Å². The molecule has 0 saturated carbocycles. The first kappa shape index (κ1) is 12.4. The molecule has 0 aliphatic carbocycles. The van der Waals surface area contributed by atoms with E-state index >= 15 is 0 Å². The average molecular weight is 227 g/mol. The van der Waals surface area contributed by atoms with Gasteiger partial charge in [-0.2, -0.15) is 0 Å². The highest BCUT2D eigenvalue weighted by Gasteiger charge is 2.14. The standard InChI is InChI=1S/C11H14FNO3/c1-13(7-8(14)6-11(15)16)10-5-3-2-4-9(10)12/h2-5,8,14H,6-7H2,1H3,(H,15,16). The van der Waals surface area contributed by atoms with Crippen molar-refractivity contribution in [3.63, 3.8) is 0 Å². The van der Waals surface area contributed by atoms with Crippen LogP contribution < -0.4 is 4.90 Å². The van der Waals surface area contributed by atoms with E-state index in [1.54, 1.807) is 25.2 Å². The van der Waals surface area contributed by atoms with Crippen LogP contribution >= 0.6 is 0 Å². The number of carboxylic acids is 1. The Labute approximate surface area is 92.9 Å². The molecule has 5 heteroatoms. The number of benzene rings is 1. The number of likely N-dealkylation sites (N-methyl/N-ethyl adjacent to an activating group) is 1. The van der Waals surface area contributed by atoms with E-state index in [9.17, 15) is 14.3 Å². The van der Waals surface area contributed by atoms with Crippen molar-refractivity contribution in [2.45, 2.75) is 12.5 Å². The predicted molar refractivity (Wildman–Crippen MR) is 57.9 cm³/mol. The van der Waals surface area contributed by atoms with Crippen molar-refractivity contribution in [1.29, 1.82) is 0 Å². The predicted octanol–water partition coefficient (Wildman–Crippen LogP) is 1.10. The lowest BCUT2D eigenvalue weighted by Crippen LogP contribution is -2.31. The third-order valence-electron chi connectivity index (χ3n) is 2.16. The molecular weight excluding hydrogens is 213 g/mol. The first-order valence-corrected chi connectivity index (χ1v) is 4.86. The molecule has 2 N–H and O–H groups in total. The third-order valence-corrected chi connectivity index (χ3v) is 2.16. The normalized spacial score (nSPS) is 12.2. The monoisotopic (exact) mass is 227 g/mol. The van der Waals surface area contributed by atoms with Crippen molar-refractivity contribution in [3.05, 3.63) is 30.1 Å². The zero-order chi connectivity index (χ0) is 12.1. The van der Waals surface area contributed by atoms with Gasteiger partial charge in [-0.25, -0.2) is 4.39 Å². The summed E-state index contributed by atoms with van der Waals surface area (Å²) in [6.07, 6.45) is -1.36. The molecule has 0 saturated heterocycles. The van der Waals surface area contributed by atoms with E-state index in [4.69, 9.17) is 5.11 Å². The minimum absolute atomic E-state index is 0.0766. The highest BCUT2D eigenvalue weighted by atomic mass is 19.1. The number of carbonyl (C=O) groups is 1. The lowest BCUT2D eigenvalue weighted by molar-refractivity contribution is -0.139. The highest BCUT2D eigenvalue weighted by Crippen LogP contribution is 2.17. The van der Waals surface area contributed by atoms with Crippen LogP contribution in [0, 0.1) is 5.82 Å². The van der Waals surface area contributed by atoms with Gasteiger partial charge in [-0.1, -0.05) is 12.1 Å². The summed E-state index contributed by atoms with van der Waals surface area (Å²) in [6.45, 7) is 0.0766. The summed E-state index contributed by atoms with van der Waals surface area (Å²) in [5.74, 6) is -1.47. The Kier molecular flexibility index (Phi) is 4.25. The van der Waals surface area contributed by atoms with Gasteiger partial charge in [0.05, 0.1) is 18.2 Å². The molecule has 4 nitrogen and oxygen atoms in total. The second-order valence-corrected chi connectivity index (χ2v) is 3.58. The maximum Gasteiger partial charge on any atom is 0.306 e. The number of aliphatic hydroxyl groups is 1. The summed E-state index contributed by atoms with van der Waals surface area (Å²) in [5.41, 5.74) is 0.340. The maximum atomic E-state index is 13.3. The summed E-state index contributed by atoms with van der Waals surface area (Å²) >= 11 is 0. The number of aliphatic carboxylic acids is 1. The van der Waals surface area contributed by atoms with Crippen LogP contribution in [0.15, 0.2) is 24.3 Å². The number of carboxylic acid groups (broad SMARTS) is 1. The van der Waals surface area contributed by atoms with Crippen LogP contribution in [0.2, 0.25) is 0 Å². The molecule has 0 aliphatic heterocycles. The van der Waals surface area contributed by atoms with Crippen molar-refractivity contribution >= 4 is 11.7 Å². The van der Waals surface area contributed by atoms with Gasteiger partial charge in [0.2, 0.25) is 0 Å². The number of nitrogens with zero attached hydrogens (tertiary/aromatic N) is 1. The van der Waals surface area contributed by atoms with Gasteiger partial charge in [-0.15, -0.1) is 0 Å².